The summed E-state index contributed by atoms with van der Waals surface area (Å²) in [6, 6.07) is 0. The molecule has 62 valence electrons. The average molecular weight is 144 g/mol. The van der Waals surface area contributed by atoms with Crippen LogP contribution in [0, 0.1) is 5.92 Å². The highest BCUT2D eigenvalue weighted by Crippen LogP contribution is 2.04. The van der Waals surface area contributed by atoms with E-state index in [1.54, 1.807) is 0 Å². The van der Waals surface area contributed by atoms with Crippen LogP contribution in [0.15, 0.2) is 0 Å². The molecule has 0 aliphatic rings. The number of hydrogen-bond donors (Lipinski definition) is 1. The van der Waals surface area contributed by atoms with E-state index in [-0.39, 0.29) is 0 Å². The Kier molecular flexibility index (Phi) is 5.64. The molecule has 2 heteroatoms. The maximum Gasteiger partial charge on any atom is 0.0000928 e. The molecule has 1 atom stereocenters. The van der Waals surface area contributed by atoms with Gasteiger partial charge in [0.05, 0.1) is 0 Å². The van der Waals surface area contributed by atoms with E-state index < -0.39 is 0 Å². The van der Waals surface area contributed by atoms with Crippen LogP contribution in [0.3, 0.4) is 0 Å². The normalized spacial score (nSPS) is 14.1. The van der Waals surface area contributed by atoms with Gasteiger partial charge in [0.25, 0.3) is 0 Å². The van der Waals surface area contributed by atoms with Crippen molar-refractivity contribution in [3.63, 3.8) is 0 Å². The number of nitrogens with zero attached hydrogens (tertiary/aromatic N) is 1. The van der Waals surface area contributed by atoms with Gasteiger partial charge in [0.2, 0.25) is 0 Å². The lowest BCUT2D eigenvalue weighted by Crippen LogP contribution is -2.20. The lowest BCUT2D eigenvalue weighted by Gasteiger charge is -2.15. The molecule has 0 aliphatic carbocycles. The van der Waals surface area contributed by atoms with E-state index in [2.05, 4.69) is 25.9 Å². The van der Waals surface area contributed by atoms with Crippen molar-refractivity contribution < 1.29 is 0 Å². The topological polar surface area (TPSA) is 29.3 Å². The summed E-state index contributed by atoms with van der Waals surface area (Å²) in [6.07, 6.45) is 2.42. The van der Waals surface area contributed by atoms with E-state index in [1.807, 2.05) is 0 Å². The van der Waals surface area contributed by atoms with E-state index in [9.17, 15) is 0 Å². The van der Waals surface area contributed by atoms with Crippen LogP contribution >= 0.6 is 0 Å². The fraction of sp³-hybridized carbons (Fsp3) is 1.00. The smallest absolute Gasteiger partial charge is 0.0000928 e. The summed E-state index contributed by atoms with van der Waals surface area (Å²) in [6.45, 7) is 4.29. The molecule has 0 bridgehead atoms. The number of rotatable bonds is 5. The van der Waals surface area contributed by atoms with Crippen molar-refractivity contribution in [2.45, 2.75) is 19.8 Å². The SMILES string of the molecule is CC(CCCN)CN(C)C. The van der Waals surface area contributed by atoms with Gasteiger partial charge in [0, 0.05) is 6.54 Å². The summed E-state index contributed by atoms with van der Waals surface area (Å²) in [5.41, 5.74) is 5.39. The third-order valence-corrected chi connectivity index (χ3v) is 1.58. The maximum atomic E-state index is 5.39. The van der Waals surface area contributed by atoms with E-state index >= 15 is 0 Å². The van der Waals surface area contributed by atoms with Crippen LogP contribution in [0.4, 0.5) is 0 Å². The van der Waals surface area contributed by atoms with Crippen LogP contribution in [0.25, 0.3) is 0 Å². The third kappa shape index (κ3) is 6.05. The first-order valence-corrected chi connectivity index (χ1v) is 4.01. The Hall–Kier alpha value is -0.0800. The van der Waals surface area contributed by atoms with Gasteiger partial charge in [-0.05, 0) is 39.4 Å². The molecule has 0 saturated carbocycles. The second kappa shape index (κ2) is 5.69. The fourth-order valence-corrected chi connectivity index (χ4v) is 1.18. The summed E-state index contributed by atoms with van der Waals surface area (Å²) in [5, 5.41) is 0. The van der Waals surface area contributed by atoms with Crippen LogP contribution < -0.4 is 5.73 Å². The summed E-state index contributed by atoms with van der Waals surface area (Å²) >= 11 is 0. The molecule has 2 nitrogen and oxygen atoms in total. The standard InChI is InChI=1S/C8H20N2/c1-8(5-4-6-9)7-10(2)3/h8H,4-7,9H2,1-3H3. The summed E-state index contributed by atoms with van der Waals surface area (Å²) in [5.74, 6) is 0.790. The van der Waals surface area contributed by atoms with Crippen LogP contribution in [0.5, 0.6) is 0 Å². The van der Waals surface area contributed by atoms with Gasteiger partial charge in [-0.25, -0.2) is 0 Å². The molecule has 0 heterocycles. The van der Waals surface area contributed by atoms with Gasteiger partial charge < -0.3 is 10.6 Å². The number of nitrogens with two attached hydrogens (primary N) is 1. The molecule has 0 aromatic rings. The quantitative estimate of drug-likeness (QED) is 0.622. The highest BCUT2D eigenvalue weighted by atomic mass is 15.1. The minimum absolute atomic E-state index is 0.790. The molecule has 0 amide bonds. The Labute approximate surface area is 64.4 Å². The molecular formula is C8H20N2. The van der Waals surface area contributed by atoms with Crippen LogP contribution in [-0.2, 0) is 0 Å². The molecule has 0 saturated heterocycles. The van der Waals surface area contributed by atoms with Gasteiger partial charge in [0.1, 0.15) is 0 Å². The van der Waals surface area contributed by atoms with Gasteiger partial charge in [-0.2, -0.15) is 0 Å². The zero-order valence-corrected chi connectivity index (χ0v) is 7.43. The first-order chi connectivity index (χ1) is 4.66. The molecule has 2 N–H and O–H groups in total. The monoisotopic (exact) mass is 144 g/mol. The highest BCUT2D eigenvalue weighted by molar-refractivity contribution is 4.56. The largest absolute Gasteiger partial charge is 0.330 e. The molecule has 0 aromatic carbocycles. The molecule has 10 heavy (non-hydrogen) atoms. The zero-order chi connectivity index (χ0) is 7.98. The van der Waals surface area contributed by atoms with Gasteiger partial charge in [-0.3, -0.25) is 0 Å². The Morgan fingerprint density at radius 2 is 2.00 bits per heavy atom. The molecule has 1 unspecified atom stereocenters. The van der Waals surface area contributed by atoms with Gasteiger partial charge >= 0.3 is 0 Å². The maximum absolute atomic E-state index is 5.39. The number of hydrogen-bond acceptors (Lipinski definition) is 2. The molecule has 0 aromatic heterocycles. The minimum atomic E-state index is 0.790. The lowest BCUT2D eigenvalue weighted by molar-refractivity contribution is 0.325. The van der Waals surface area contributed by atoms with Crippen LogP contribution in [0.2, 0.25) is 0 Å². The minimum Gasteiger partial charge on any atom is -0.330 e. The van der Waals surface area contributed by atoms with E-state index in [1.165, 1.54) is 13.0 Å². The molecule has 0 rings (SSSR count). The predicted octanol–water partition coefficient (Wildman–Crippen LogP) is 0.923. The molecule has 0 aliphatic heterocycles. The second-order valence-corrected chi connectivity index (χ2v) is 3.30. The predicted molar refractivity (Wildman–Crippen MR) is 46.0 cm³/mol. The summed E-state index contributed by atoms with van der Waals surface area (Å²) < 4.78 is 0. The van der Waals surface area contributed by atoms with E-state index in [0.717, 1.165) is 18.9 Å². The first-order valence-electron chi connectivity index (χ1n) is 4.01. The van der Waals surface area contributed by atoms with E-state index in [4.69, 9.17) is 5.73 Å². The molecular weight excluding hydrogens is 124 g/mol. The lowest BCUT2D eigenvalue weighted by atomic mass is 10.1. The Morgan fingerprint density at radius 3 is 2.40 bits per heavy atom. The average Bonchev–Trinajstić information content (AvgIpc) is 1.82. The zero-order valence-electron chi connectivity index (χ0n) is 7.43. The first kappa shape index (κ1) is 9.92. The van der Waals surface area contributed by atoms with E-state index in [0.29, 0.717) is 0 Å². The van der Waals surface area contributed by atoms with Crippen LogP contribution in [0.1, 0.15) is 19.8 Å². The van der Waals surface area contributed by atoms with Gasteiger partial charge in [0.15, 0.2) is 0 Å². The molecule has 0 spiro atoms. The summed E-state index contributed by atoms with van der Waals surface area (Å²) in [4.78, 5) is 2.22. The van der Waals surface area contributed by atoms with Crippen molar-refractivity contribution in [3.8, 4) is 0 Å². The van der Waals surface area contributed by atoms with Gasteiger partial charge in [-0.15, -0.1) is 0 Å². The summed E-state index contributed by atoms with van der Waals surface area (Å²) in [7, 11) is 4.22. The second-order valence-electron chi connectivity index (χ2n) is 3.30. The van der Waals surface area contributed by atoms with Crippen molar-refractivity contribution >= 4 is 0 Å². The van der Waals surface area contributed by atoms with Gasteiger partial charge in [-0.1, -0.05) is 6.92 Å². The van der Waals surface area contributed by atoms with Crippen molar-refractivity contribution in [1.82, 2.24) is 4.90 Å². The Morgan fingerprint density at radius 1 is 1.40 bits per heavy atom. The van der Waals surface area contributed by atoms with Crippen molar-refractivity contribution in [3.05, 3.63) is 0 Å². The molecule has 0 radical (unpaired) electrons. The van der Waals surface area contributed by atoms with Crippen molar-refractivity contribution in [2.24, 2.45) is 11.7 Å². The Bertz CT molecular complexity index is 71.7. The molecule has 0 fully saturated rings. The van der Waals surface area contributed by atoms with Crippen molar-refractivity contribution in [1.29, 1.82) is 0 Å². The fourth-order valence-electron chi connectivity index (χ4n) is 1.18. The third-order valence-electron chi connectivity index (χ3n) is 1.58. The highest BCUT2D eigenvalue weighted by Gasteiger charge is 2.01. The van der Waals surface area contributed by atoms with Crippen LogP contribution in [-0.4, -0.2) is 32.1 Å². The Balaban J connectivity index is 3.16. The van der Waals surface area contributed by atoms with Crippen molar-refractivity contribution in [2.75, 3.05) is 27.2 Å².